The lowest BCUT2D eigenvalue weighted by Crippen LogP contribution is -1.89. The molecule has 1 aliphatic rings. The maximum absolute atomic E-state index is 9.72. The first-order valence-electron chi connectivity index (χ1n) is 4.93. The van der Waals surface area contributed by atoms with Crippen LogP contribution in [0.15, 0.2) is 36.4 Å². The topological polar surface area (TPSA) is 20.2 Å². The summed E-state index contributed by atoms with van der Waals surface area (Å²) in [6, 6.07) is 5.74. The summed E-state index contributed by atoms with van der Waals surface area (Å²) in [4.78, 5) is 0. The van der Waals surface area contributed by atoms with Crippen LogP contribution < -0.4 is 0 Å². The van der Waals surface area contributed by atoms with E-state index in [0.29, 0.717) is 5.75 Å². The summed E-state index contributed by atoms with van der Waals surface area (Å²) in [5, 5.41) is 9.72. The van der Waals surface area contributed by atoms with Crippen molar-refractivity contribution in [2.24, 2.45) is 0 Å². The molecule has 0 aromatic heterocycles. The molecular formula is C13H14O. The van der Waals surface area contributed by atoms with E-state index in [2.05, 4.69) is 18.2 Å². The highest BCUT2D eigenvalue weighted by Gasteiger charge is 2.07. The standard InChI is InChI=1S/C13H14O/c1-10-7-8-13(14)12(9-10)11-5-3-2-4-6-11/h2-3,5,7-9,14H,4,6H2,1H3. The van der Waals surface area contributed by atoms with E-state index in [-0.39, 0.29) is 0 Å². The summed E-state index contributed by atoms with van der Waals surface area (Å²) in [5.41, 5.74) is 3.40. The van der Waals surface area contributed by atoms with Gasteiger partial charge in [-0.3, -0.25) is 0 Å². The zero-order valence-electron chi connectivity index (χ0n) is 8.33. The van der Waals surface area contributed by atoms with Gasteiger partial charge in [0.2, 0.25) is 0 Å². The number of aromatic hydroxyl groups is 1. The van der Waals surface area contributed by atoms with Crippen LogP contribution in [0.4, 0.5) is 0 Å². The Labute approximate surface area is 84.4 Å². The summed E-state index contributed by atoms with van der Waals surface area (Å²) < 4.78 is 0. The fraction of sp³-hybridized carbons (Fsp3) is 0.231. The SMILES string of the molecule is Cc1ccc(O)c(C2=CC=CCC2)c1. The molecule has 0 spiro atoms. The Morgan fingerprint density at radius 2 is 2.14 bits per heavy atom. The van der Waals surface area contributed by atoms with Gasteiger partial charge < -0.3 is 5.11 Å². The van der Waals surface area contributed by atoms with E-state index in [0.717, 1.165) is 18.4 Å². The van der Waals surface area contributed by atoms with Gasteiger partial charge in [-0.25, -0.2) is 0 Å². The first-order valence-corrected chi connectivity index (χ1v) is 4.93. The molecule has 1 aromatic carbocycles. The number of benzene rings is 1. The maximum Gasteiger partial charge on any atom is 0.123 e. The van der Waals surface area contributed by atoms with E-state index in [1.165, 1.54) is 11.1 Å². The number of hydrogen-bond donors (Lipinski definition) is 1. The monoisotopic (exact) mass is 186 g/mol. The predicted octanol–water partition coefficient (Wildman–Crippen LogP) is 3.43. The normalized spacial score (nSPS) is 15.4. The molecule has 0 unspecified atom stereocenters. The lowest BCUT2D eigenvalue weighted by molar-refractivity contribution is 0.473. The number of hydrogen-bond acceptors (Lipinski definition) is 1. The molecule has 2 rings (SSSR count). The van der Waals surface area contributed by atoms with E-state index < -0.39 is 0 Å². The van der Waals surface area contributed by atoms with Gasteiger partial charge in [0.25, 0.3) is 0 Å². The van der Waals surface area contributed by atoms with Crippen molar-refractivity contribution in [3.05, 3.63) is 47.6 Å². The zero-order valence-corrected chi connectivity index (χ0v) is 8.33. The van der Waals surface area contributed by atoms with Crippen LogP contribution in [-0.4, -0.2) is 5.11 Å². The van der Waals surface area contributed by atoms with Gasteiger partial charge in [0.05, 0.1) is 0 Å². The molecule has 1 N–H and O–H groups in total. The van der Waals surface area contributed by atoms with Gasteiger partial charge >= 0.3 is 0 Å². The van der Waals surface area contributed by atoms with Crippen molar-refractivity contribution in [1.82, 2.24) is 0 Å². The zero-order chi connectivity index (χ0) is 9.97. The summed E-state index contributed by atoms with van der Waals surface area (Å²) >= 11 is 0. The van der Waals surface area contributed by atoms with Crippen LogP contribution in [0.25, 0.3) is 5.57 Å². The fourth-order valence-corrected chi connectivity index (χ4v) is 1.73. The van der Waals surface area contributed by atoms with Gasteiger partial charge in [-0.2, -0.15) is 0 Å². The molecule has 1 aliphatic carbocycles. The van der Waals surface area contributed by atoms with E-state index in [1.54, 1.807) is 6.07 Å². The van der Waals surface area contributed by atoms with E-state index in [9.17, 15) is 5.11 Å². The van der Waals surface area contributed by atoms with Gasteiger partial charge in [-0.1, -0.05) is 29.9 Å². The Morgan fingerprint density at radius 3 is 2.86 bits per heavy atom. The summed E-state index contributed by atoms with van der Waals surface area (Å²) in [6.45, 7) is 2.04. The van der Waals surface area contributed by atoms with Crippen LogP contribution in [0, 0.1) is 6.92 Å². The number of aryl methyl sites for hydroxylation is 1. The highest BCUT2D eigenvalue weighted by molar-refractivity contribution is 5.72. The molecule has 0 bridgehead atoms. The Balaban J connectivity index is 2.44. The Hall–Kier alpha value is -1.50. The molecule has 0 fully saturated rings. The van der Waals surface area contributed by atoms with Crippen LogP contribution in [-0.2, 0) is 0 Å². The number of phenols is 1. The van der Waals surface area contributed by atoms with Crippen molar-refractivity contribution >= 4 is 5.57 Å². The second kappa shape index (κ2) is 3.70. The molecule has 0 saturated heterocycles. The summed E-state index contributed by atoms with van der Waals surface area (Å²) in [6.07, 6.45) is 8.38. The molecule has 0 heterocycles. The first-order chi connectivity index (χ1) is 6.77. The third-order valence-electron chi connectivity index (χ3n) is 2.51. The third-order valence-corrected chi connectivity index (χ3v) is 2.51. The molecule has 0 aliphatic heterocycles. The van der Waals surface area contributed by atoms with Crippen molar-refractivity contribution in [2.75, 3.05) is 0 Å². The lowest BCUT2D eigenvalue weighted by atomic mass is 9.95. The first kappa shape index (κ1) is 9.07. The molecule has 1 aromatic rings. The minimum absolute atomic E-state index is 0.386. The van der Waals surface area contributed by atoms with Crippen molar-refractivity contribution in [1.29, 1.82) is 0 Å². The predicted molar refractivity (Wildman–Crippen MR) is 59.2 cm³/mol. The van der Waals surface area contributed by atoms with Crippen molar-refractivity contribution in [3.8, 4) is 5.75 Å². The molecule has 1 heteroatoms. The summed E-state index contributed by atoms with van der Waals surface area (Å²) in [7, 11) is 0. The molecule has 14 heavy (non-hydrogen) atoms. The Morgan fingerprint density at radius 1 is 1.29 bits per heavy atom. The second-order valence-electron chi connectivity index (χ2n) is 3.68. The molecular weight excluding hydrogens is 172 g/mol. The van der Waals surface area contributed by atoms with Gasteiger partial charge in [0.15, 0.2) is 0 Å². The van der Waals surface area contributed by atoms with Gasteiger partial charge in [-0.05, 0) is 37.5 Å². The quantitative estimate of drug-likeness (QED) is 0.712. The number of allylic oxidation sites excluding steroid dienone is 4. The molecule has 0 amide bonds. The van der Waals surface area contributed by atoms with Crippen LogP contribution in [0.1, 0.15) is 24.0 Å². The van der Waals surface area contributed by atoms with Gasteiger partial charge in [0.1, 0.15) is 5.75 Å². The largest absolute Gasteiger partial charge is 0.507 e. The van der Waals surface area contributed by atoms with Crippen molar-refractivity contribution in [2.45, 2.75) is 19.8 Å². The highest BCUT2D eigenvalue weighted by Crippen LogP contribution is 2.30. The number of rotatable bonds is 1. The molecule has 0 atom stereocenters. The van der Waals surface area contributed by atoms with Gasteiger partial charge in [0, 0.05) is 5.56 Å². The highest BCUT2D eigenvalue weighted by atomic mass is 16.3. The maximum atomic E-state index is 9.72. The molecule has 0 radical (unpaired) electrons. The van der Waals surface area contributed by atoms with E-state index in [4.69, 9.17) is 0 Å². The van der Waals surface area contributed by atoms with Crippen LogP contribution in [0.5, 0.6) is 5.75 Å². The minimum Gasteiger partial charge on any atom is -0.507 e. The van der Waals surface area contributed by atoms with E-state index >= 15 is 0 Å². The summed E-state index contributed by atoms with van der Waals surface area (Å²) in [5.74, 6) is 0.386. The van der Waals surface area contributed by atoms with Crippen molar-refractivity contribution in [3.63, 3.8) is 0 Å². The Bertz CT molecular complexity index is 400. The molecule has 1 nitrogen and oxygen atoms in total. The lowest BCUT2D eigenvalue weighted by Gasteiger charge is -2.11. The van der Waals surface area contributed by atoms with Crippen molar-refractivity contribution < 1.29 is 5.11 Å². The van der Waals surface area contributed by atoms with Gasteiger partial charge in [-0.15, -0.1) is 0 Å². The van der Waals surface area contributed by atoms with Crippen LogP contribution >= 0.6 is 0 Å². The fourth-order valence-electron chi connectivity index (χ4n) is 1.73. The molecule has 72 valence electrons. The smallest absolute Gasteiger partial charge is 0.123 e. The van der Waals surface area contributed by atoms with Crippen LogP contribution in [0.3, 0.4) is 0 Å². The average molecular weight is 186 g/mol. The van der Waals surface area contributed by atoms with Crippen LogP contribution in [0.2, 0.25) is 0 Å². The van der Waals surface area contributed by atoms with E-state index in [1.807, 2.05) is 19.1 Å². The molecule has 0 saturated carbocycles. The minimum atomic E-state index is 0.386. The Kier molecular flexibility index (Phi) is 2.40. The second-order valence-corrected chi connectivity index (χ2v) is 3.68. The third kappa shape index (κ3) is 1.72. The average Bonchev–Trinajstić information content (AvgIpc) is 2.23. The number of phenolic OH excluding ortho intramolecular Hbond substituents is 1.